The number of epoxide rings is 1. The van der Waals surface area contributed by atoms with Crippen molar-refractivity contribution in [3.8, 4) is 11.5 Å². The first-order valence-corrected chi connectivity index (χ1v) is 19.1. The molecule has 1 saturated heterocycles. The second-order valence-electron chi connectivity index (χ2n) is 13.4. The zero-order chi connectivity index (χ0) is 40.4. The minimum Gasteiger partial charge on any atom is -0.494 e. The molecule has 0 saturated carbocycles. The van der Waals surface area contributed by atoms with E-state index in [1.165, 1.54) is 0 Å². The van der Waals surface area contributed by atoms with Crippen LogP contribution in [-0.4, -0.2) is 84.5 Å². The van der Waals surface area contributed by atoms with Crippen LogP contribution in [0.2, 0.25) is 0 Å². The van der Waals surface area contributed by atoms with Gasteiger partial charge in [-0.3, -0.25) is 29.7 Å². The number of rotatable bonds is 17. The first kappa shape index (κ1) is 39.1. The number of hydrogen-bond donors (Lipinski definition) is 5. The van der Waals surface area contributed by atoms with E-state index in [0.29, 0.717) is 69.4 Å². The SMILES string of the molecule is CCn1nc(C)cc1C(=O)Nc1nc2cc(C3OC3N)cc(OC)c2n1C/C=C/Cn1c(NC(=O)c2cc(C)ns2)nc2cc(C(N)=O)cc(OCCCNC)c21. The number of nitrogens with one attached hydrogen (secondary N) is 3. The van der Waals surface area contributed by atoms with Crippen molar-refractivity contribution in [2.75, 3.05) is 37.9 Å². The average Bonchev–Trinajstić information content (AvgIpc) is 3.54. The Morgan fingerprint density at radius 1 is 0.930 bits per heavy atom. The van der Waals surface area contributed by atoms with Crippen LogP contribution in [0.1, 0.15) is 66.9 Å². The third kappa shape index (κ3) is 8.22. The quantitative estimate of drug-likeness (QED) is 0.0502. The molecule has 0 radical (unpaired) electrons. The lowest BCUT2D eigenvalue weighted by Crippen LogP contribution is -2.20. The number of benzene rings is 2. The van der Waals surface area contributed by atoms with E-state index in [-0.39, 0.29) is 48.5 Å². The van der Waals surface area contributed by atoms with Gasteiger partial charge in [-0.25, -0.2) is 9.97 Å². The first-order chi connectivity index (χ1) is 27.5. The third-order valence-electron chi connectivity index (χ3n) is 9.30. The van der Waals surface area contributed by atoms with Crippen molar-refractivity contribution < 1.29 is 28.6 Å². The van der Waals surface area contributed by atoms with Crippen LogP contribution in [0.5, 0.6) is 11.5 Å². The van der Waals surface area contributed by atoms with Gasteiger partial charge in [-0.05, 0) is 94.3 Å². The predicted molar refractivity (Wildman–Crippen MR) is 215 cm³/mol. The topological polar surface area (TPSA) is 237 Å². The van der Waals surface area contributed by atoms with Gasteiger partial charge in [0.1, 0.15) is 45.4 Å². The van der Waals surface area contributed by atoms with Crippen LogP contribution >= 0.6 is 11.5 Å². The van der Waals surface area contributed by atoms with Gasteiger partial charge in [0.25, 0.3) is 11.8 Å². The number of carbonyl (C=O) groups excluding carboxylic acids is 3. The lowest BCUT2D eigenvalue weighted by Gasteiger charge is -2.13. The normalized spacial score (nSPS) is 15.1. The summed E-state index contributed by atoms with van der Waals surface area (Å²) in [6, 6.07) is 10.3. The molecule has 0 spiro atoms. The molecule has 5 heterocycles. The number of nitrogens with zero attached hydrogens (tertiary/aromatic N) is 7. The standard InChI is InChI=1S/C38H44N12O6S/c1-6-50-26(14-20(2)46-50)35(52)44-37-42-24-16-22(32-34(40)56-32)18-27(54-5)30(24)48(37)11-7-8-12-49-31-25(43-38(49)45-36(53)29-15-21(3)47-57-29)17-23(33(39)51)19-28(31)55-13-9-10-41-4/h7-8,14-19,32,34,41H,6,9-13,40H2,1-5H3,(H2,39,51)(H,42,44,52)(H,43,45,53)/b8-7+. The summed E-state index contributed by atoms with van der Waals surface area (Å²) >= 11 is 1.08. The molecule has 6 aromatic rings. The number of methoxy groups -OCH3 is 1. The van der Waals surface area contributed by atoms with Crippen molar-refractivity contribution in [3.63, 3.8) is 0 Å². The van der Waals surface area contributed by atoms with Crippen LogP contribution in [0.3, 0.4) is 0 Å². The second kappa shape index (κ2) is 16.5. The molecule has 1 aliphatic heterocycles. The highest BCUT2D eigenvalue weighted by Gasteiger charge is 2.38. The summed E-state index contributed by atoms with van der Waals surface area (Å²) in [6.45, 7) is 7.60. The Balaban J connectivity index is 1.26. The number of fused-ring (bicyclic) bond motifs is 2. The number of primary amides is 1. The Bertz CT molecular complexity index is 2520. The Morgan fingerprint density at radius 3 is 2.19 bits per heavy atom. The fourth-order valence-electron chi connectivity index (χ4n) is 6.55. The van der Waals surface area contributed by atoms with Crippen LogP contribution in [0.15, 0.2) is 48.6 Å². The van der Waals surface area contributed by atoms with Gasteiger partial charge in [0, 0.05) is 25.2 Å². The van der Waals surface area contributed by atoms with Gasteiger partial charge in [-0.15, -0.1) is 0 Å². The molecule has 0 aliphatic carbocycles. The molecule has 0 bridgehead atoms. The number of ether oxygens (including phenoxy) is 3. The maximum Gasteiger partial charge on any atom is 0.276 e. The highest BCUT2D eigenvalue weighted by Crippen LogP contribution is 2.40. The fourth-order valence-corrected chi connectivity index (χ4v) is 7.20. The van der Waals surface area contributed by atoms with Gasteiger partial charge in [-0.2, -0.15) is 9.47 Å². The number of hydrogen-bond acceptors (Lipinski definition) is 13. The van der Waals surface area contributed by atoms with Gasteiger partial charge in [0.15, 0.2) is 0 Å². The van der Waals surface area contributed by atoms with Crippen LogP contribution in [0, 0.1) is 13.8 Å². The largest absolute Gasteiger partial charge is 0.494 e. The van der Waals surface area contributed by atoms with Crippen LogP contribution in [0.4, 0.5) is 11.9 Å². The number of aromatic nitrogens is 7. The minimum absolute atomic E-state index is 0.216. The average molecular weight is 797 g/mol. The molecule has 18 nitrogen and oxygen atoms in total. The summed E-state index contributed by atoms with van der Waals surface area (Å²) in [5, 5.41) is 13.4. The van der Waals surface area contributed by atoms with E-state index in [2.05, 4.69) is 25.4 Å². The summed E-state index contributed by atoms with van der Waals surface area (Å²) in [5.74, 6) is 0.0257. The number of imidazole rings is 2. The molecule has 2 aromatic carbocycles. The van der Waals surface area contributed by atoms with Crippen molar-refractivity contribution in [1.29, 1.82) is 0 Å². The van der Waals surface area contributed by atoms with Crippen molar-refractivity contribution in [2.24, 2.45) is 11.5 Å². The number of nitrogens with two attached hydrogens (primary N) is 2. The van der Waals surface area contributed by atoms with E-state index in [4.69, 9.17) is 35.6 Å². The Kier molecular flexibility index (Phi) is 11.3. The molecule has 7 rings (SSSR count). The molecule has 2 unspecified atom stereocenters. The van der Waals surface area contributed by atoms with Gasteiger partial charge < -0.3 is 40.1 Å². The highest BCUT2D eigenvalue weighted by atomic mass is 32.1. The van der Waals surface area contributed by atoms with Crippen LogP contribution in [0.25, 0.3) is 22.1 Å². The van der Waals surface area contributed by atoms with Gasteiger partial charge >= 0.3 is 0 Å². The van der Waals surface area contributed by atoms with E-state index in [9.17, 15) is 14.4 Å². The van der Waals surface area contributed by atoms with E-state index in [1.807, 2.05) is 56.7 Å². The zero-order valence-corrected chi connectivity index (χ0v) is 33.0. The van der Waals surface area contributed by atoms with Crippen LogP contribution in [-0.2, 0) is 24.4 Å². The molecule has 298 valence electrons. The molecule has 19 heteroatoms. The second-order valence-corrected chi connectivity index (χ2v) is 14.2. The summed E-state index contributed by atoms with van der Waals surface area (Å²) < 4.78 is 27.1. The van der Waals surface area contributed by atoms with Gasteiger partial charge in [0.05, 0.1) is 36.1 Å². The maximum absolute atomic E-state index is 13.7. The maximum atomic E-state index is 13.7. The lowest BCUT2D eigenvalue weighted by atomic mass is 10.1. The molecule has 2 atom stereocenters. The fraction of sp³-hybridized carbons (Fsp3) is 0.342. The summed E-state index contributed by atoms with van der Waals surface area (Å²) in [4.78, 5) is 49.4. The summed E-state index contributed by atoms with van der Waals surface area (Å²) in [7, 11) is 3.42. The highest BCUT2D eigenvalue weighted by molar-refractivity contribution is 7.08. The molecule has 4 aromatic heterocycles. The molecule has 57 heavy (non-hydrogen) atoms. The Hall–Kier alpha value is -6.15. The van der Waals surface area contributed by atoms with E-state index >= 15 is 0 Å². The number of allylic oxidation sites excluding steroid dienone is 2. The number of amides is 3. The molecule has 3 amide bonds. The molecule has 7 N–H and O–H groups in total. The number of carbonyl (C=O) groups is 3. The number of aryl methyl sites for hydroxylation is 3. The van der Waals surface area contributed by atoms with E-state index < -0.39 is 12.1 Å². The van der Waals surface area contributed by atoms with Gasteiger partial charge in [0.2, 0.25) is 17.8 Å². The van der Waals surface area contributed by atoms with E-state index in [1.54, 1.807) is 40.6 Å². The predicted octanol–water partition coefficient (Wildman–Crippen LogP) is 3.89. The minimum atomic E-state index is -0.642. The third-order valence-corrected chi connectivity index (χ3v) is 10.2. The molecule has 1 aliphatic rings. The summed E-state index contributed by atoms with van der Waals surface area (Å²) in [5.41, 5.74) is 16.7. The summed E-state index contributed by atoms with van der Waals surface area (Å²) in [6.07, 6.45) is 3.79. The zero-order valence-electron chi connectivity index (χ0n) is 32.2. The first-order valence-electron chi connectivity index (χ1n) is 18.4. The number of anilines is 2. The van der Waals surface area contributed by atoms with Gasteiger partial charge in [-0.1, -0.05) is 12.2 Å². The molecular weight excluding hydrogens is 753 g/mol. The molecular formula is C38H44N12O6S. The van der Waals surface area contributed by atoms with Crippen molar-refractivity contribution in [2.45, 2.75) is 59.2 Å². The van der Waals surface area contributed by atoms with Crippen molar-refractivity contribution in [3.05, 3.63) is 81.6 Å². The monoisotopic (exact) mass is 796 g/mol. The Morgan fingerprint density at radius 2 is 1.60 bits per heavy atom. The Labute approximate surface area is 331 Å². The lowest BCUT2D eigenvalue weighted by molar-refractivity contribution is 0.0995. The van der Waals surface area contributed by atoms with Crippen molar-refractivity contribution >= 4 is 63.2 Å². The molecule has 1 fully saturated rings. The van der Waals surface area contributed by atoms with Crippen molar-refractivity contribution in [1.82, 2.24) is 38.6 Å². The van der Waals surface area contributed by atoms with Crippen LogP contribution < -0.4 is 36.9 Å². The van der Waals surface area contributed by atoms with E-state index in [0.717, 1.165) is 29.3 Å². The smallest absolute Gasteiger partial charge is 0.276 e.